The standard InChI is InChI=1S/C20H23NO3/c22-18(16-13-8-9-14(12-13)17(16)19(23)24)21-20(10-4-5-11-20)15-6-2-1-3-7-15/h1-3,6-9,13-14,16-17H,4-5,10-12H2,(H,21,22)(H,23,24). The zero-order valence-corrected chi connectivity index (χ0v) is 13.7. The number of rotatable bonds is 4. The number of fused-ring (bicyclic) bond motifs is 2. The van der Waals surface area contributed by atoms with Crippen molar-refractivity contribution in [3.63, 3.8) is 0 Å². The molecule has 2 bridgehead atoms. The van der Waals surface area contributed by atoms with E-state index < -0.39 is 17.8 Å². The molecule has 4 unspecified atom stereocenters. The molecule has 4 atom stereocenters. The molecule has 2 N–H and O–H groups in total. The Labute approximate surface area is 142 Å². The normalized spacial score (nSPS) is 32.8. The van der Waals surface area contributed by atoms with Gasteiger partial charge in [0.2, 0.25) is 5.91 Å². The maximum absolute atomic E-state index is 13.1. The lowest BCUT2D eigenvalue weighted by atomic mass is 9.80. The molecule has 0 radical (unpaired) electrons. The van der Waals surface area contributed by atoms with Crippen LogP contribution in [0.5, 0.6) is 0 Å². The second kappa shape index (κ2) is 5.76. The van der Waals surface area contributed by atoms with Crippen LogP contribution in [0.15, 0.2) is 42.5 Å². The second-order valence-corrected chi connectivity index (χ2v) is 7.48. The van der Waals surface area contributed by atoms with Gasteiger partial charge in [0, 0.05) is 0 Å². The van der Waals surface area contributed by atoms with Gasteiger partial charge in [-0.3, -0.25) is 9.59 Å². The van der Waals surface area contributed by atoms with Crippen LogP contribution in [0.4, 0.5) is 0 Å². The Kier molecular flexibility index (Phi) is 3.70. The van der Waals surface area contributed by atoms with Crippen LogP contribution in [0.2, 0.25) is 0 Å². The van der Waals surface area contributed by atoms with Crippen LogP contribution in [0.25, 0.3) is 0 Å². The van der Waals surface area contributed by atoms with Gasteiger partial charge in [0.25, 0.3) is 0 Å². The number of amides is 1. The Morgan fingerprint density at radius 1 is 1.00 bits per heavy atom. The van der Waals surface area contributed by atoms with Crippen molar-refractivity contribution in [2.75, 3.05) is 0 Å². The van der Waals surface area contributed by atoms with Gasteiger partial charge in [-0.05, 0) is 36.7 Å². The fraction of sp³-hybridized carbons (Fsp3) is 0.500. The summed E-state index contributed by atoms with van der Waals surface area (Å²) in [5.41, 5.74) is 0.814. The summed E-state index contributed by atoms with van der Waals surface area (Å²) in [5, 5.41) is 12.9. The number of carboxylic acid groups (broad SMARTS) is 1. The van der Waals surface area contributed by atoms with Crippen molar-refractivity contribution in [2.24, 2.45) is 23.7 Å². The minimum atomic E-state index is -0.841. The van der Waals surface area contributed by atoms with E-state index in [1.54, 1.807) is 0 Å². The number of hydrogen-bond donors (Lipinski definition) is 2. The van der Waals surface area contributed by atoms with Gasteiger partial charge < -0.3 is 10.4 Å². The topological polar surface area (TPSA) is 66.4 Å². The lowest BCUT2D eigenvalue weighted by molar-refractivity contribution is -0.148. The van der Waals surface area contributed by atoms with Gasteiger partial charge >= 0.3 is 5.97 Å². The highest BCUT2D eigenvalue weighted by Gasteiger charge is 2.53. The minimum Gasteiger partial charge on any atom is -0.481 e. The third-order valence-electron chi connectivity index (χ3n) is 6.19. The van der Waals surface area contributed by atoms with E-state index in [0.29, 0.717) is 0 Å². The van der Waals surface area contributed by atoms with Crippen LogP contribution in [-0.4, -0.2) is 17.0 Å². The van der Waals surface area contributed by atoms with Crippen molar-refractivity contribution in [2.45, 2.75) is 37.6 Å². The van der Waals surface area contributed by atoms with Gasteiger partial charge in [-0.1, -0.05) is 55.3 Å². The number of allylic oxidation sites excluding steroid dienone is 2. The minimum absolute atomic E-state index is 0.0134. The summed E-state index contributed by atoms with van der Waals surface area (Å²) in [6, 6.07) is 10.1. The van der Waals surface area contributed by atoms with Crippen molar-refractivity contribution in [3.8, 4) is 0 Å². The predicted molar refractivity (Wildman–Crippen MR) is 90.1 cm³/mol. The number of benzene rings is 1. The Hall–Kier alpha value is -2.10. The SMILES string of the molecule is O=C(O)C1C2C=CC(C2)C1C(=O)NC1(c2ccccc2)CCCC1. The lowest BCUT2D eigenvalue weighted by Crippen LogP contribution is -2.49. The van der Waals surface area contributed by atoms with Gasteiger partial charge in [-0.25, -0.2) is 0 Å². The van der Waals surface area contributed by atoms with E-state index in [1.165, 1.54) is 0 Å². The molecule has 24 heavy (non-hydrogen) atoms. The number of carboxylic acids is 1. The second-order valence-electron chi connectivity index (χ2n) is 7.48. The maximum atomic E-state index is 13.1. The summed E-state index contributed by atoms with van der Waals surface area (Å²) < 4.78 is 0. The molecule has 0 aromatic heterocycles. The molecule has 0 spiro atoms. The fourth-order valence-corrected chi connectivity index (χ4v) is 5.06. The predicted octanol–water partition coefficient (Wildman–Crippen LogP) is 3.10. The van der Waals surface area contributed by atoms with E-state index in [0.717, 1.165) is 37.7 Å². The molecule has 0 saturated heterocycles. The number of carbonyl (C=O) groups excluding carboxylic acids is 1. The first kappa shape index (κ1) is 15.4. The Morgan fingerprint density at radius 3 is 2.25 bits per heavy atom. The summed E-state index contributed by atoms with van der Waals surface area (Å²) in [6.07, 6.45) is 8.86. The van der Waals surface area contributed by atoms with Crippen LogP contribution >= 0.6 is 0 Å². The molecule has 3 aliphatic carbocycles. The molecule has 0 heterocycles. The zero-order valence-electron chi connectivity index (χ0n) is 13.7. The first-order valence-electron chi connectivity index (χ1n) is 8.89. The highest BCUT2D eigenvalue weighted by molar-refractivity contribution is 5.87. The van der Waals surface area contributed by atoms with Crippen molar-refractivity contribution < 1.29 is 14.7 Å². The van der Waals surface area contributed by atoms with Gasteiger partial charge in [0.15, 0.2) is 0 Å². The summed E-state index contributed by atoms with van der Waals surface area (Å²) in [5.74, 6) is -1.84. The van der Waals surface area contributed by atoms with Gasteiger partial charge in [-0.2, -0.15) is 0 Å². The average molecular weight is 325 g/mol. The van der Waals surface area contributed by atoms with Crippen molar-refractivity contribution in [1.82, 2.24) is 5.32 Å². The Bertz CT molecular complexity index is 675. The molecular weight excluding hydrogens is 302 g/mol. The van der Waals surface area contributed by atoms with Gasteiger partial charge in [-0.15, -0.1) is 0 Å². The summed E-state index contributed by atoms with van der Waals surface area (Å²) in [7, 11) is 0. The number of carbonyl (C=O) groups is 2. The van der Waals surface area contributed by atoms with Crippen molar-refractivity contribution in [1.29, 1.82) is 0 Å². The van der Waals surface area contributed by atoms with Crippen LogP contribution in [0, 0.1) is 23.7 Å². The molecule has 4 nitrogen and oxygen atoms in total. The molecule has 0 aliphatic heterocycles. The maximum Gasteiger partial charge on any atom is 0.307 e. The Balaban J connectivity index is 1.60. The number of nitrogens with one attached hydrogen (secondary N) is 1. The highest BCUT2D eigenvalue weighted by Crippen LogP contribution is 2.49. The van der Waals surface area contributed by atoms with Gasteiger partial charge in [0.05, 0.1) is 17.4 Å². The van der Waals surface area contributed by atoms with E-state index in [4.69, 9.17) is 0 Å². The largest absolute Gasteiger partial charge is 0.481 e. The average Bonchev–Trinajstić information content (AvgIpc) is 3.31. The van der Waals surface area contributed by atoms with Crippen LogP contribution in [0.1, 0.15) is 37.7 Å². The Morgan fingerprint density at radius 2 is 1.62 bits per heavy atom. The highest BCUT2D eigenvalue weighted by atomic mass is 16.4. The van der Waals surface area contributed by atoms with Crippen LogP contribution < -0.4 is 5.32 Å². The molecule has 126 valence electrons. The van der Waals surface area contributed by atoms with E-state index in [1.807, 2.05) is 30.4 Å². The van der Waals surface area contributed by atoms with Gasteiger partial charge in [0.1, 0.15) is 0 Å². The monoisotopic (exact) mass is 325 g/mol. The summed E-state index contributed by atoms with van der Waals surface area (Å²) >= 11 is 0. The van der Waals surface area contributed by atoms with E-state index in [9.17, 15) is 14.7 Å². The molecular formula is C20H23NO3. The quantitative estimate of drug-likeness (QED) is 0.836. The number of aliphatic carboxylic acids is 1. The third-order valence-corrected chi connectivity index (χ3v) is 6.19. The first-order valence-corrected chi connectivity index (χ1v) is 8.89. The van der Waals surface area contributed by atoms with Crippen molar-refractivity contribution >= 4 is 11.9 Å². The molecule has 4 heteroatoms. The fourth-order valence-electron chi connectivity index (χ4n) is 5.06. The van der Waals surface area contributed by atoms with Crippen LogP contribution in [0.3, 0.4) is 0 Å². The molecule has 1 aromatic rings. The molecule has 1 aromatic carbocycles. The summed E-state index contributed by atoms with van der Waals surface area (Å²) in [6.45, 7) is 0. The third kappa shape index (κ3) is 2.36. The van der Waals surface area contributed by atoms with E-state index in [-0.39, 0.29) is 23.3 Å². The summed E-state index contributed by atoms with van der Waals surface area (Å²) in [4.78, 5) is 24.8. The number of hydrogen-bond acceptors (Lipinski definition) is 2. The molecule has 3 aliphatic rings. The molecule has 2 saturated carbocycles. The van der Waals surface area contributed by atoms with E-state index in [2.05, 4.69) is 17.4 Å². The zero-order chi connectivity index (χ0) is 16.7. The van der Waals surface area contributed by atoms with E-state index >= 15 is 0 Å². The lowest BCUT2D eigenvalue weighted by Gasteiger charge is -2.34. The molecule has 4 rings (SSSR count). The smallest absolute Gasteiger partial charge is 0.307 e. The molecule has 1 amide bonds. The van der Waals surface area contributed by atoms with Crippen LogP contribution in [-0.2, 0) is 15.1 Å². The first-order chi connectivity index (χ1) is 11.6. The van der Waals surface area contributed by atoms with Crippen molar-refractivity contribution in [3.05, 3.63) is 48.0 Å². The molecule has 2 fully saturated rings.